The minimum Gasteiger partial charge on any atom is -0.461 e. The maximum absolute atomic E-state index is 14.8. The van der Waals surface area contributed by atoms with E-state index in [9.17, 15) is 13.6 Å². The molecule has 4 nitrogen and oxygen atoms in total. The summed E-state index contributed by atoms with van der Waals surface area (Å²) in [5.74, 6) is -5.30. The summed E-state index contributed by atoms with van der Waals surface area (Å²) in [7, 11) is 0. The molecule has 0 aliphatic rings. The number of esters is 1. The van der Waals surface area contributed by atoms with Gasteiger partial charge in [-0.05, 0) is 30.9 Å². The van der Waals surface area contributed by atoms with Crippen LogP contribution in [0.25, 0.3) is 0 Å². The first-order chi connectivity index (χ1) is 14.0. The second-order valence-corrected chi connectivity index (χ2v) is 6.74. The number of nitrogens with zero attached hydrogens (tertiary/aromatic N) is 2. The van der Waals surface area contributed by atoms with E-state index in [0.717, 1.165) is 17.5 Å². The third kappa shape index (κ3) is 6.97. The monoisotopic (exact) mass is 402 g/mol. The lowest BCUT2D eigenvalue weighted by Gasteiger charge is -2.24. The smallest absolute Gasteiger partial charge is 0.383 e. The molecule has 0 saturated carbocycles. The molecule has 156 valence electrons. The van der Waals surface area contributed by atoms with Crippen LogP contribution >= 0.6 is 0 Å². The van der Waals surface area contributed by atoms with Gasteiger partial charge in [-0.25, -0.2) is 4.79 Å². The topological polar surface area (TPSA) is 41.9 Å². The fourth-order valence-electron chi connectivity index (χ4n) is 2.84. The fourth-order valence-corrected chi connectivity index (χ4v) is 2.84. The van der Waals surface area contributed by atoms with Crippen LogP contribution in [0.4, 0.5) is 8.78 Å². The molecule has 0 aromatic heterocycles. The van der Waals surface area contributed by atoms with E-state index in [4.69, 9.17) is 0 Å². The van der Waals surface area contributed by atoms with Gasteiger partial charge in [0.2, 0.25) is 0 Å². The van der Waals surface area contributed by atoms with Gasteiger partial charge in [-0.1, -0.05) is 74.0 Å². The molecule has 0 heterocycles. The van der Waals surface area contributed by atoms with Gasteiger partial charge in [0.05, 0.1) is 19.7 Å². The molecule has 6 heteroatoms. The van der Waals surface area contributed by atoms with E-state index in [0.29, 0.717) is 19.5 Å². The number of carbonyl (C=O) groups is 1. The Kier molecular flexibility index (Phi) is 8.77. The number of unbranched alkanes of at least 4 members (excludes halogenated alkanes) is 1. The quantitative estimate of drug-likeness (QED) is 0.286. The highest BCUT2D eigenvalue weighted by atomic mass is 19.3. The van der Waals surface area contributed by atoms with Crippen molar-refractivity contribution in [3.8, 4) is 0 Å². The molecule has 0 fully saturated rings. The highest BCUT2D eigenvalue weighted by Gasteiger charge is 2.46. The summed E-state index contributed by atoms with van der Waals surface area (Å²) < 4.78 is 34.2. The molecule has 0 spiro atoms. The molecular formula is C23H28F2N2O2. The number of hydrogen-bond donors (Lipinski definition) is 0. The maximum Gasteiger partial charge on any atom is 0.383 e. The standard InChI is InChI=1S/C23H28F2N2O2/c1-3-5-16-21(23(24,25)22(28)29-4-2)26-27(17-19-12-8-6-9-13-19)18-20-14-10-7-11-15-20/h6-15H,3-5,16-18H2,1-2H3/b26-21-. The van der Waals surface area contributed by atoms with Crippen molar-refractivity contribution in [1.82, 2.24) is 5.01 Å². The summed E-state index contributed by atoms with van der Waals surface area (Å²) >= 11 is 0. The van der Waals surface area contributed by atoms with Gasteiger partial charge in [0, 0.05) is 0 Å². The third-order valence-corrected chi connectivity index (χ3v) is 4.34. The SMILES string of the molecule is CCCC/C(=N/N(Cc1ccccc1)Cc1ccccc1)C(F)(F)C(=O)OCC. The van der Waals surface area contributed by atoms with Gasteiger partial charge in [-0.15, -0.1) is 0 Å². The number of hydrazone groups is 1. The Morgan fingerprint density at radius 3 is 1.93 bits per heavy atom. The average molecular weight is 402 g/mol. The first-order valence-electron chi connectivity index (χ1n) is 9.93. The molecule has 0 saturated heterocycles. The van der Waals surface area contributed by atoms with E-state index in [-0.39, 0.29) is 13.0 Å². The minimum atomic E-state index is -3.75. The Hall–Kier alpha value is -2.76. The molecular weight excluding hydrogens is 374 g/mol. The van der Waals surface area contributed by atoms with E-state index in [1.54, 1.807) is 5.01 Å². The number of ether oxygens (including phenoxy) is 1. The lowest BCUT2D eigenvalue weighted by molar-refractivity contribution is -0.162. The summed E-state index contributed by atoms with van der Waals surface area (Å²) in [5, 5.41) is 5.86. The van der Waals surface area contributed by atoms with Crippen LogP contribution in [-0.4, -0.2) is 29.2 Å². The van der Waals surface area contributed by atoms with Gasteiger partial charge >= 0.3 is 11.9 Å². The summed E-state index contributed by atoms with van der Waals surface area (Å²) in [6, 6.07) is 19.1. The van der Waals surface area contributed by atoms with E-state index < -0.39 is 17.6 Å². The van der Waals surface area contributed by atoms with Gasteiger partial charge in [0.15, 0.2) is 0 Å². The maximum atomic E-state index is 14.8. The zero-order valence-electron chi connectivity index (χ0n) is 17.0. The second kappa shape index (κ2) is 11.3. The van der Waals surface area contributed by atoms with Crippen LogP contribution in [-0.2, 0) is 22.6 Å². The first-order valence-corrected chi connectivity index (χ1v) is 9.93. The van der Waals surface area contributed by atoms with Crippen molar-refractivity contribution < 1.29 is 18.3 Å². The summed E-state index contributed by atoms with van der Waals surface area (Å²) in [6.45, 7) is 4.02. The lowest BCUT2D eigenvalue weighted by atomic mass is 10.1. The fraction of sp³-hybridized carbons (Fsp3) is 0.391. The van der Waals surface area contributed by atoms with Crippen LogP contribution in [0.1, 0.15) is 44.2 Å². The Morgan fingerprint density at radius 2 is 1.48 bits per heavy atom. The molecule has 2 rings (SSSR count). The van der Waals surface area contributed by atoms with Crippen LogP contribution in [0.2, 0.25) is 0 Å². The molecule has 2 aromatic rings. The van der Waals surface area contributed by atoms with Gasteiger partial charge in [-0.2, -0.15) is 13.9 Å². The zero-order valence-corrected chi connectivity index (χ0v) is 17.0. The van der Waals surface area contributed by atoms with E-state index in [2.05, 4.69) is 9.84 Å². The van der Waals surface area contributed by atoms with E-state index in [1.807, 2.05) is 67.6 Å². The summed E-state index contributed by atoms with van der Waals surface area (Å²) in [6.07, 6.45) is 1.26. The number of rotatable bonds is 11. The van der Waals surface area contributed by atoms with Crippen molar-refractivity contribution in [2.75, 3.05) is 6.61 Å². The Morgan fingerprint density at radius 1 is 0.966 bits per heavy atom. The number of benzene rings is 2. The van der Waals surface area contributed by atoms with Gasteiger partial charge in [-0.3, -0.25) is 5.01 Å². The van der Waals surface area contributed by atoms with Crippen molar-refractivity contribution >= 4 is 11.7 Å². The molecule has 0 unspecified atom stereocenters. The van der Waals surface area contributed by atoms with E-state index in [1.165, 1.54) is 6.92 Å². The zero-order chi connectivity index (χ0) is 21.1. The van der Waals surface area contributed by atoms with E-state index >= 15 is 0 Å². The Bertz CT molecular complexity index is 738. The highest BCUT2D eigenvalue weighted by Crippen LogP contribution is 2.23. The molecule has 0 N–H and O–H groups in total. The predicted molar refractivity (Wildman–Crippen MR) is 111 cm³/mol. The predicted octanol–water partition coefficient (Wildman–Crippen LogP) is 5.43. The molecule has 0 amide bonds. The normalized spacial score (nSPS) is 11.9. The van der Waals surface area contributed by atoms with Crippen LogP contribution in [0, 0.1) is 0 Å². The average Bonchev–Trinajstić information content (AvgIpc) is 2.72. The summed E-state index contributed by atoms with van der Waals surface area (Å²) in [5.41, 5.74) is 1.44. The van der Waals surface area contributed by atoms with Crippen molar-refractivity contribution in [2.45, 2.75) is 52.1 Å². The molecule has 0 aliphatic heterocycles. The molecule has 0 atom stereocenters. The number of halogens is 2. The molecule has 0 radical (unpaired) electrons. The van der Waals surface area contributed by atoms with Crippen LogP contribution in [0.3, 0.4) is 0 Å². The molecule has 29 heavy (non-hydrogen) atoms. The van der Waals surface area contributed by atoms with Gasteiger partial charge in [0.1, 0.15) is 5.71 Å². The number of alkyl halides is 2. The number of carbonyl (C=O) groups excluding carboxylic acids is 1. The van der Waals surface area contributed by atoms with Crippen LogP contribution in [0.15, 0.2) is 65.8 Å². The van der Waals surface area contributed by atoms with Crippen LogP contribution in [0.5, 0.6) is 0 Å². The minimum absolute atomic E-state index is 0.0302. The van der Waals surface area contributed by atoms with Gasteiger partial charge < -0.3 is 4.74 Å². The van der Waals surface area contributed by atoms with Crippen molar-refractivity contribution in [3.05, 3.63) is 71.8 Å². The molecule has 0 bridgehead atoms. The highest BCUT2D eigenvalue weighted by molar-refractivity contribution is 6.08. The largest absolute Gasteiger partial charge is 0.461 e. The van der Waals surface area contributed by atoms with Crippen molar-refractivity contribution in [3.63, 3.8) is 0 Å². The van der Waals surface area contributed by atoms with Gasteiger partial charge in [0.25, 0.3) is 0 Å². The molecule has 2 aromatic carbocycles. The van der Waals surface area contributed by atoms with Crippen molar-refractivity contribution in [1.29, 1.82) is 0 Å². The summed E-state index contributed by atoms with van der Waals surface area (Å²) in [4.78, 5) is 11.9. The Balaban J connectivity index is 2.36. The third-order valence-electron chi connectivity index (χ3n) is 4.34. The number of hydrogen-bond acceptors (Lipinski definition) is 4. The van der Waals surface area contributed by atoms with Crippen molar-refractivity contribution in [2.24, 2.45) is 5.10 Å². The lowest BCUT2D eigenvalue weighted by Crippen LogP contribution is -2.41. The first kappa shape index (κ1) is 22.5. The molecule has 0 aliphatic carbocycles. The second-order valence-electron chi connectivity index (χ2n) is 6.74. The Labute approximate surface area is 171 Å². The van der Waals surface area contributed by atoms with Crippen LogP contribution < -0.4 is 0 Å².